The Balaban J connectivity index is 1.68. The minimum absolute atomic E-state index is 0.197. The second-order valence-electron chi connectivity index (χ2n) is 10.1. The van der Waals surface area contributed by atoms with Crippen molar-refractivity contribution in [1.29, 1.82) is 0 Å². The van der Waals surface area contributed by atoms with Crippen molar-refractivity contribution in [2.75, 3.05) is 6.54 Å². The zero-order valence-electron chi connectivity index (χ0n) is 21.6. The Hall–Kier alpha value is -3.79. The number of hydrogen-bond acceptors (Lipinski definition) is 6. The number of aromatic nitrogens is 1. The molecule has 10 nitrogen and oxygen atoms in total. The molecule has 4 amide bonds. The molecule has 5 bridgehead atoms. The van der Waals surface area contributed by atoms with Gasteiger partial charge < -0.3 is 16.0 Å². The molecule has 3 heterocycles. The maximum Gasteiger partial charge on any atom is 0.258 e. The van der Waals surface area contributed by atoms with Crippen LogP contribution in [0.15, 0.2) is 36.5 Å². The number of carbonyl (C=O) groups excluding carboxylic acids is 4. The van der Waals surface area contributed by atoms with E-state index in [-0.39, 0.29) is 23.8 Å². The van der Waals surface area contributed by atoms with Crippen molar-refractivity contribution in [3.63, 3.8) is 0 Å². The van der Waals surface area contributed by atoms with Gasteiger partial charge in [0.2, 0.25) is 17.7 Å². The summed E-state index contributed by atoms with van der Waals surface area (Å²) in [6.45, 7) is 7.56. The molecule has 0 aliphatic carbocycles. The number of pyridine rings is 1. The molecule has 4 unspecified atom stereocenters. The lowest BCUT2D eigenvalue weighted by molar-refractivity contribution is -0.143. The van der Waals surface area contributed by atoms with Gasteiger partial charge in [-0.2, -0.15) is 0 Å². The van der Waals surface area contributed by atoms with E-state index in [2.05, 4.69) is 26.4 Å². The summed E-state index contributed by atoms with van der Waals surface area (Å²) >= 11 is 0. The van der Waals surface area contributed by atoms with E-state index in [1.807, 2.05) is 45.0 Å². The van der Waals surface area contributed by atoms with Gasteiger partial charge in [0.05, 0.1) is 11.7 Å². The number of fused-ring (bicyclic) bond motifs is 4. The van der Waals surface area contributed by atoms with E-state index in [1.54, 1.807) is 19.2 Å². The SMILES string of the molecule is CC1NC(=O)C(C(C)C)NC(=O)C=Cc2cc3cc(ccc3cn2)C(C)NC(=O)C2CCCN(N2)C1=O. The summed E-state index contributed by atoms with van der Waals surface area (Å²) < 4.78 is 0. The summed E-state index contributed by atoms with van der Waals surface area (Å²) in [5.74, 6) is -1.65. The fourth-order valence-corrected chi connectivity index (χ4v) is 4.56. The molecule has 2 aliphatic heterocycles. The summed E-state index contributed by atoms with van der Waals surface area (Å²) in [5, 5.41) is 11.7. The molecule has 37 heavy (non-hydrogen) atoms. The van der Waals surface area contributed by atoms with Gasteiger partial charge in [-0.25, -0.2) is 5.43 Å². The van der Waals surface area contributed by atoms with Gasteiger partial charge in [0.1, 0.15) is 18.1 Å². The zero-order chi connectivity index (χ0) is 26.7. The smallest absolute Gasteiger partial charge is 0.258 e. The predicted molar refractivity (Wildman–Crippen MR) is 140 cm³/mol. The van der Waals surface area contributed by atoms with Crippen molar-refractivity contribution in [1.82, 2.24) is 31.4 Å². The number of hydrazine groups is 1. The second kappa shape index (κ2) is 11.1. The van der Waals surface area contributed by atoms with Crippen LogP contribution in [0.3, 0.4) is 0 Å². The minimum Gasteiger partial charge on any atom is -0.348 e. The van der Waals surface area contributed by atoms with Crippen LogP contribution in [0, 0.1) is 5.92 Å². The third-order valence-corrected chi connectivity index (χ3v) is 6.78. The highest BCUT2D eigenvalue weighted by Gasteiger charge is 2.33. The average molecular weight is 507 g/mol. The minimum atomic E-state index is -0.848. The van der Waals surface area contributed by atoms with Crippen molar-refractivity contribution in [2.24, 2.45) is 5.92 Å². The van der Waals surface area contributed by atoms with Crippen LogP contribution in [0.5, 0.6) is 0 Å². The largest absolute Gasteiger partial charge is 0.348 e. The van der Waals surface area contributed by atoms with Crippen LogP contribution in [-0.4, -0.2) is 58.3 Å². The average Bonchev–Trinajstić information content (AvgIpc) is 2.88. The molecule has 196 valence electrons. The normalized spacial score (nSPS) is 25.8. The van der Waals surface area contributed by atoms with Gasteiger partial charge in [0, 0.05) is 24.2 Å². The standard InChI is InChI=1S/C27H34N6O4/c1-15(2)24-26(36)30-17(4)27(37)33-11-5-6-22(32-33)25(35)29-16(3)18-7-8-19-14-28-21(13-20(19)12-18)9-10-23(34)31-24/h7-10,12-17,22,24,32H,5-6,11H2,1-4H3,(H,29,35)(H,30,36)(H,31,34). The number of rotatable bonds is 1. The maximum absolute atomic E-state index is 13.1. The molecule has 10 heteroatoms. The highest BCUT2D eigenvalue weighted by Crippen LogP contribution is 2.22. The molecular weight excluding hydrogens is 472 g/mol. The first-order valence-corrected chi connectivity index (χ1v) is 12.7. The number of nitrogens with one attached hydrogen (secondary N) is 4. The van der Waals surface area contributed by atoms with Crippen LogP contribution in [0.25, 0.3) is 16.8 Å². The third-order valence-electron chi connectivity index (χ3n) is 6.78. The molecule has 4 rings (SSSR count). The van der Waals surface area contributed by atoms with E-state index in [4.69, 9.17) is 0 Å². The van der Waals surface area contributed by atoms with Crippen LogP contribution in [0.2, 0.25) is 0 Å². The van der Waals surface area contributed by atoms with Crippen LogP contribution >= 0.6 is 0 Å². The van der Waals surface area contributed by atoms with Gasteiger partial charge in [-0.3, -0.25) is 29.2 Å². The molecular formula is C27H34N6O4. The fraction of sp³-hybridized carbons (Fsp3) is 0.444. The Kier molecular flexibility index (Phi) is 7.87. The van der Waals surface area contributed by atoms with Crippen molar-refractivity contribution in [2.45, 2.75) is 64.7 Å². The van der Waals surface area contributed by atoms with Crippen LogP contribution < -0.4 is 21.4 Å². The van der Waals surface area contributed by atoms with E-state index in [0.717, 1.165) is 16.3 Å². The lowest BCUT2D eigenvalue weighted by Gasteiger charge is -2.35. The number of nitrogens with zero attached hydrogens (tertiary/aromatic N) is 2. The molecule has 0 spiro atoms. The van der Waals surface area contributed by atoms with Crippen molar-refractivity contribution in [3.05, 3.63) is 47.8 Å². The maximum atomic E-state index is 13.1. The van der Waals surface area contributed by atoms with Gasteiger partial charge in [0.25, 0.3) is 5.91 Å². The van der Waals surface area contributed by atoms with Crippen molar-refractivity contribution < 1.29 is 19.2 Å². The molecule has 1 aromatic heterocycles. The van der Waals surface area contributed by atoms with E-state index in [9.17, 15) is 19.2 Å². The number of amides is 4. The Labute approximate surface area is 216 Å². The molecule has 0 saturated carbocycles. The summed E-state index contributed by atoms with van der Waals surface area (Å²) in [4.78, 5) is 56.2. The molecule has 1 aromatic carbocycles. The molecule has 4 N–H and O–H groups in total. The number of carbonyl (C=O) groups is 4. The van der Waals surface area contributed by atoms with Gasteiger partial charge in [-0.1, -0.05) is 26.0 Å². The van der Waals surface area contributed by atoms with Crippen LogP contribution in [-0.2, 0) is 19.2 Å². The van der Waals surface area contributed by atoms with E-state index >= 15 is 0 Å². The first-order chi connectivity index (χ1) is 17.6. The topological polar surface area (TPSA) is 133 Å². The quantitative estimate of drug-likeness (QED) is 0.464. The van der Waals surface area contributed by atoms with E-state index in [0.29, 0.717) is 25.1 Å². The van der Waals surface area contributed by atoms with E-state index in [1.165, 1.54) is 11.1 Å². The Morgan fingerprint density at radius 1 is 0.919 bits per heavy atom. The molecule has 1 fully saturated rings. The van der Waals surface area contributed by atoms with Crippen molar-refractivity contribution >= 4 is 40.5 Å². The number of benzene rings is 1. The van der Waals surface area contributed by atoms with Gasteiger partial charge >= 0.3 is 0 Å². The summed E-state index contributed by atoms with van der Waals surface area (Å²) in [5.41, 5.74) is 4.54. The lowest BCUT2D eigenvalue weighted by atomic mass is 10.0. The molecule has 4 atom stereocenters. The monoisotopic (exact) mass is 506 g/mol. The Morgan fingerprint density at radius 2 is 1.68 bits per heavy atom. The molecule has 1 saturated heterocycles. The van der Waals surface area contributed by atoms with Crippen LogP contribution in [0.4, 0.5) is 0 Å². The summed E-state index contributed by atoms with van der Waals surface area (Å²) in [7, 11) is 0. The molecule has 0 radical (unpaired) electrons. The van der Waals surface area contributed by atoms with Crippen molar-refractivity contribution in [3.8, 4) is 0 Å². The fourth-order valence-electron chi connectivity index (χ4n) is 4.56. The van der Waals surface area contributed by atoms with Gasteiger partial charge in [-0.05, 0) is 61.8 Å². The molecule has 2 aliphatic rings. The Bertz CT molecular complexity index is 1240. The number of hydrogen-bond donors (Lipinski definition) is 4. The predicted octanol–water partition coefficient (Wildman–Crippen LogP) is 1.58. The van der Waals surface area contributed by atoms with E-state index < -0.39 is 29.9 Å². The highest BCUT2D eigenvalue weighted by atomic mass is 16.2. The summed E-state index contributed by atoms with van der Waals surface area (Å²) in [6.07, 6.45) is 5.90. The Morgan fingerprint density at radius 3 is 2.43 bits per heavy atom. The second-order valence-corrected chi connectivity index (χ2v) is 10.1. The first-order valence-electron chi connectivity index (χ1n) is 12.7. The van der Waals surface area contributed by atoms with Gasteiger partial charge in [0.15, 0.2) is 0 Å². The third kappa shape index (κ3) is 6.14. The summed E-state index contributed by atoms with van der Waals surface area (Å²) in [6, 6.07) is 5.23. The van der Waals surface area contributed by atoms with Crippen LogP contribution in [0.1, 0.15) is 57.8 Å². The zero-order valence-corrected chi connectivity index (χ0v) is 21.6. The van der Waals surface area contributed by atoms with Gasteiger partial charge in [-0.15, -0.1) is 0 Å². The first kappa shape index (κ1) is 26.3. The molecule has 2 aromatic rings. The highest BCUT2D eigenvalue weighted by molar-refractivity contribution is 5.97. The lowest BCUT2D eigenvalue weighted by Crippen LogP contribution is -2.61.